The Bertz CT molecular complexity index is 238. The molecule has 1 atom stereocenters. The zero-order valence-electron chi connectivity index (χ0n) is 5.43. The number of alkyl halides is 2. The predicted molar refractivity (Wildman–Crippen MR) is 45.0 cm³/mol. The van der Waals surface area contributed by atoms with Crippen LogP contribution in [0.3, 0.4) is 0 Å². The molecule has 0 saturated carbocycles. The number of nitrogens with two attached hydrogens (primary N) is 1. The summed E-state index contributed by atoms with van der Waals surface area (Å²) in [6, 6.07) is 0.466. The highest BCUT2D eigenvalue weighted by atomic mass is 79.9. The van der Waals surface area contributed by atoms with Crippen molar-refractivity contribution in [2.45, 2.75) is 12.5 Å². The van der Waals surface area contributed by atoms with Crippen LogP contribution in [0.25, 0.3) is 0 Å². The highest BCUT2D eigenvalue weighted by Crippen LogP contribution is 2.27. The van der Waals surface area contributed by atoms with E-state index in [1.807, 2.05) is 0 Å². The monoisotopic (exact) mass is 241 g/mol. The van der Waals surface area contributed by atoms with Crippen LogP contribution in [0.2, 0.25) is 0 Å². The third-order valence-corrected chi connectivity index (χ3v) is 2.98. The van der Waals surface area contributed by atoms with Gasteiger partial charge in [0.1, 0.15) is 6.04 Å². The first-order valence-corrected chi connectivity index (χ1v) is 4.56. The summed E-state index contributed by atoms with van der Waals surface area (Å²) in [6.07, 6.45) is -2.49. The van der Waals surface area contributed by atoms with Crippen molar-refractivity contribution in [3.05, 3.63) is 20.8 Å². The van der Waals surface area contributed by atoms with E-state index in [4.69, 9.17) is 5.73 Å². The topological polar surface area (TPSA) is 26.0 Å². The van der Waals surface area contributed by atoms with Gasteiger partial charge in [-0.3, -0.25) is 0 Å². The molecule has 62 valence electrons. The molecule has 1 nitrogen and oxygen atoms in total. The van der Waals surface area contributed by atoms with E-state index in [-0.39, 0.29) is 0 Å². The van der Waals surface area contributed by atoms with E-state index in [0.29, 0.717) is 4.88 Å². The molecular weight excluding hydrogens is 236 g/mol. The highest BCUT2D eigenvalue weighted by molar-refractivity contribution is 9.10. The van der Waals surface area contributed by atoms with Crippen molar-refractivity contribution in [2.75, 3.05) is 0 Å². The third-order valence-electron chi connectivity index (χ3n) is 1.19. The molecule has 0 bridgehead atoms. The second kappa shape index (κ2) is 3.60. The number of thiophene rings is 1. The maximum atomic E-state index is 12.0. The molecule has 11 heavy (non-hydrogen) atoms. The van der Waals surface area contributed by atoms with Crippen LogP contribution in [0.1, 0.15) is 10.9 Å². The highest BCUT2D eigenvalue weighted by Gasteiger charge is 2.18. The van der Waals surface area contributed by atoms with Crippen LogP contribution in [-0.4, -0.2) is 6.43 Å². The molecule has 1 rings (SSSR count). The molecule has 0 amide bonds. The molecule has 0 spiro atoms. The lowest BCUT2D eigenvalue weighted by atomic mass is 10.3. The largest absolute Gasteiger partial charge is 0.319 e. The fourth-order valence-electron chi connectivity index (χ4n) is 0.627. The lowest BCUT2D eigenvalue weighted by Crippen LogP contribution is -2.17. The Labute approximate surface area is 75.3 Å². The van der Waals surface area contributed by atoms with Gasteiger partial charge in [0.15, 0.2) is 0 Å². The summed E-state index contributed by atoms with van der Waals surface area (Å²) in [4.78, 5) is 0.506. The summed E-state index contributed by atoms with van der Waals surface area (Å²) in [7, 11) is 0. The molecule has 1 aromatic heterocycles. The van der Waals surface area contributed by atoms with Crippen LogP contribution in [0, 0.1) is 0 Å². The van der Waals surface area contributed by atoms with Gasteiger partial charge >= 0.3 is 0 Å². The van der Waals surface area contributed by atoms with Crippen molar-refractivity contribution in [3.63, 3.8) is 0 Å². The lowest BCUT2D eigenvalue weighted by Gasteiger charge is -2.05. The molecular formula is C6H6BrF2NS. The molecule has 1 aromatic rings. The molecule has 5 heteroatoms. The quantitative estimate of drug-likeness (QED) is 0.847. The van der Waals surface area contributed by atoms with Crippen LogP contribution in [0.4, 0.5) is 8.78 Å². The fourth-order valence-corrected chi connectivity index (χ4v) is 2.08. The van der Waals surface area contributed by atoms with Crippen LogP contribution >= 0.6 is 27.3 Å². The summed E-state index contributed by atoms with van der Waals surface area (Å²) in [5.74, 6) is 0. The standard InChI is InChI=1S/C6H6BrF2NS/c7-3-1-4(11-2-3)5(10)6(8)9/h1-2,5-6H,10H2/t5-/m0/s1. The molecule has 0 aliphatic carbocycles. The Morgan fingerprint density at radius 1 is 1.55 bits per heavy atom. The summed E-state index contributed by atoms with van der Waals surface area (Å²) >= 11 is 4.39. The van der Waals surface area contributed by atoms with Crippen molar-refractivity contribution >= 4 is 27.3 Å². The minimum Gasteiger partial charge on any atom is -0.319 e. The van der Waals surface area contributed by atoms with Gasteiger partial charge in [0, 0.05) is 14.7 Å². The van der Waals surface area contributed by atoms with Crippen molar-refractivity contribution in [2.24, 2.45) is 5.73 Å². The van der Waals surface area contributed by atoms with Crippen LogP contribution in [-0.2, 0) is 0 Å². The number of rotatable bonds is 2. The van der Waals surface area contributed by atoms with E-state index in [1.54, 1.807) is 11.4 Å². The zero-order valence-corrected chi connectivity index (χ0v) is 7.83. The van der Waals surface area contributed by atoms with Gasteiger partial charge in [-0.05, 0) is 22.0 Å². The molecule has 0 unspecified atom stereocenters. The average molecular weight is 242 g/mol. The lowest BCUT2D eigenvalue weighted by molar-refractivity contribution is 0.118. The second-order valence-corrected chi connectivity index (χ2v) is 3.89. The van der Waals surface area contributed by atoms with Gasteiger partial charge in [0.25, 0.3) is 6.43 Å². The first-order chi connectivity index (χ1) is 5.11. The van der Waals surface area contributed by atoms with E-state index >= 15 is 0 Å². The first-order valence-electron chi connectivity index (χ1n) is 2.89. The number of hydrogen-bond acceptors (Lipinski definition) is 2. The van der Waals surface area contributed by atoms with E-state index in [1.165, 1.54) is 11.3 Å². The van der Waals surface area contributed by atoms with E-state index in [0.717, 1.165) is 4.47 Å². The van der Waals surface area contributed by atoms with E-state index in [9.17, 15) is 8.78 Å². The normalized spacial score (nSPS) is 13.9. The maximum Gasteiger partial charge on any atom is 0.258 e. The molecule has 1 heterocycles. The first kappa shape index (κ1) is 9.09. The van der Waals surface area contributed by atoms with Crippen LogP contribution in [0.5, 0.6) is 0 Å². The Kier molecular flexibility index (Phi) is 2.98. The maximum absolute atomic E-state index is 12.0. The van der Waals surface area contributed by atoms with Crippen molar-refractivity contribution in [3.8, 4) is 0 Å². The van der Waals surface area contributed by atoms with Crippen molar-refractivity contribution in [1.29, 1.82) is 0 Å². The Hall–Kier alpha value is -0.0000000000000000833. The predicted octanol–water partition coefficient (Wildman–Crippen LogP) is 2.78. The summed E-state index contributed by atoms with van der Waals surface area (Å²) < 4.78 is 24.8. The van der Waals surface area contributed by atoms with Gasteiger partial charge in [-0.1, -0.05) is 0 Å². The zero-order chi connectivity index (χ0) is 8.43. The van der Waals surface area contributed by atoms with Crippen LogP contribution in [0.15, 0.2) is 15.9 Å². The Balaban J connectivity index is 2.76. The molecule has 0 aliphatic heterocycles. The summed E-state index contributed by atoms with van der Waals surface area (Å²) in [6.45, 7) is 0. The van der Waals surface area contributed by atoms with Gasteiger partial charge in [0.2, 0.25) is 0 Å². The van der Waals surface area contributed by atoms with Gasteiger partial charge in [0.05, 0.1) is 0 Å². The Morgan fingerprint density at radius 3 is 2.55 bits per heavy atom. The van der Waals surface area contributed by atoms with E-state index in [2.05, 4.69) is 15.9 Å². The Morgan fingerprint density at radius 2 is 2.18 bits per heavy atom. The van der Waals surface area contributed by atoms with Gasteiger partial charge < -0.3 is 5.73 Å². The number of halogens is 3. The minimum atomic E-state index is -2.49. The number of hydrogen-bond donors (Lipinski definition) is 1. The smallest absolute Gasteiger partial charge is 0.258 e. The third kappa shape index (κ3) is 2.21. The minimum absolute atomic E-state index is 0.506. The van der Waals surface area contributed by atoms with Crippen LogP contribution < -0.4 is 5.73 Å². The SMILES string of the molecule is N[C@@H](c1cc(Br)cs1)C(F)F. The second-order valence-electron chi connectivity index (χ2n) is 2.03. The summed E-state index contributed by atoms with van der Waals surface area (Å²) in [5, 5.41) is 1.73. The fraction of sp³-hybridized carbons (Fsp3) is 0.333. The molecule has 0 aliphatic rings. The molecule has 2 N–H and O–H groups in total. The summed E-state index contributed by atoms with van der Waals surface area (Å²) in [5.41, 5.74) is 5.19. The molecule has 0 radical (unpaired) electrons. The molecule has 0 fully saturated rings. The van der Waals surface area contributed by atoms with Crippen molar-refractivity contribution in [1.82, 2.24) is 0 Å². The van der Waals surface area contributed by atoms with E-state index < -0.39 is 12.5 Å². The molecule has 0 aromatic carbocycles. The molecule has 0 saturated heterocycles. The van der Waals surface area contributed by atoms with Gasteiger partial charge in [-0.2, -0.15) is 0 Å². The van der Waals surface area contributed by atoms with Gasteiger partial charge in [-0.15, -0.1) is 11.3 Å². The van der Waals surface area contributed by atoms with Gasteiger partial charge in [-0.25, -0.2) is 8.78 Å². The average Bonchev–Trinajstić information content (AvgIpc) is 2.34. The van der Waals surface area contributed by atoms with Crippen molar-refractivity contribution < 1.29 is 8.78 Å².